The summed E-state index contributed by atoms with van der Waals surface area (Å²) >= 11 is 0. The second kappa shape index (κ2) is 5.55. The fraction of sp³-hybridized carbons (Fsp3) is 0.333. The monoisotopic (exact) mass is 266 g/mol. The quantitative estimate of drug-likeness (QED) is 0.802. The zero-order chi connectivity index (χ0) is 13.8. The van der Waals surface area contributed by atoms with Gasteiger partial charge in [-0.15, -0.1) is 0 Å². The number of anilines is 2. The van der Waals surface area contributed by atoms with E-state index in [2.05, 4.69) is 15.5 Å². The smallest absolute Gasteiger partial charge is 0.228 e. The Morgan fingerprint density at radius 3 is 2.89 bits per heavy atom. The Bertz CT molecular complexity index is 571. The minimum absolute atomic E-state index is 0.144. The van der Waals surface area contributed by atoms with Gasteiger partial charge >= 0.3 is 0 Å². The van der Waals surface area contributed by atoms with Crippen LogP contribution in [0.2, 0.25) is 0 Å². The minimum atomic E-state index is -0.488. The van der Waals surface area contributed by atoms with Crippen LogP contribution >= 0.6 is 0 Å². The normalized spacial score (nSPS) is 10.5. The highest BCUT2D eigenvalue weighted by molar-refractivity contribution is 5.68. The van der Waals surface area contributed by atoms with Crippen LogP contribution in [0.25, 0.3) is 0 Å². The molecular weight excluding hydrogens is 251 g/mol. The van der Waals surface area contributed by atoms with Gasteiger partial charge in [-0.05, 0) is 6.92 Å². The lowest BCUT2D eigenvalue weighted by Crippen LogP contribution is -2.08. The molecule has 0 amide bonds. The van der Waals surface area contributed by atoms with Crippen molar-refractivity contribution in [3.8, 4) is 5.75 Å². The van der Waals surface area contributed by atoms with Gasteiger partial charge in [-0.1, -0.05) is 5.16 Å². The predicted octanol–water partition coefficient (Wildman–Crippen LogP) is 1.76. The summed E-state index contributed by atoms with van der Waals surface area (Å²) in [6.07, 6.45) is 0.556. The number of aromatic nitrogens is 2. The van der Waals surface area contributed by atoms with Crippen LogP contribution in [-0.2, 0) is 6.42 Å². The first-order valence-electron chi connectivity index (χ1n) is 5.76. The maximum atomic E-state index is 13.4. The number of hydrogen-bond donors (Lipinski definition) is 2. The number of nitrogens with zero attached hydrogens (tertiary/aromatic N) is 2. The largest absolute Gasteiger partial charge is 0.494 e. The molecule has 2 rings (SSSR count). The molecule has 1 aromatic carbocycles. The Kier molecular flexibility index (Phi) is 3.84. The summed E-state index contributed by atoms with van der Waals surface area (Å²) in [4.78, 5) is 4.08. The number of rotatable bonds is 5. The van der Waals surface area contributed by atoms with Crippen LogP contribution < -0.4 is 15.8 Å². The van der Waals surface area contributed by atoms with E-state index in [0.29, 0.717) is 36.1 Å². The molecule has 6 nitrogen and oxygen atoms in total. The van der Waals surface area contributed by atoms with Gasteiger partial charge in [0.25, 0.3) is 0 Å². The van der Waals surface area contributed by atoms with Crippen molar-refractivity contribution in [2.24, 2.45) is 0 Å². The summed E-state index contributed by atoms with van der Waals surface area (Å²) < 4.78 is 23.2. The number of aryl methyl sites for hydroxylation is 1. The summed E-state index contributed by atoms with van der Waals surface area (Å²) in [5, 5.41) is 6.76. The fourth-order valence-corrected chi connectivity index (χ4v) is 1.62. The van der Waals surface area contributed by atoms with E-state index < -0.39 is 5.82 Å². The SMILES string of the molecule is COc1cc(NCCc2nc(C)no2)c(N)cc1F. The number of hydrogen-bond acceptors (Lipinski definition) is 6. The molecule has 0 atom stereocenters. The maximum Gasteiger partial charge on any atom is 0.228 e. The van der Waals surface area contributed by atoms with Crippen molar-refractivity contribution in [1.29, 1.82) is 0 Å². The topological polar surface area (TPSA) is 86.2 Å². The number of halogens is 1. The van der Waals surface area contributed by atoms with Crippen LogP contribution in [0, 0.1) is 12.7 Å². The third-order valence-corrected chi connectivity index (χ3v) is 2.55. The van der Waals surface area contributed by atoms with E-state index in [0.717, 1.165) is 0 Å². The highest BCUT2D eigenvalue weighted by Crippen LogP contribution is 2.27. The summed E-state index contributed by atoms with van der Waals surface area (Å²) in [5.74, 6) is 0.791. The van der Waals surface area contributed by atoms with Crippen molar-refractivity contribution in [2.75, 3.05) is 24.7 Å². The van der Waals surface area contributed by atoms with Crippen molar-refractivity contribution in [1.82, 2.24) is 10.1 Å². The lowest BCUT2D eigenvalue weighted by molar-refractivity contribution is 0.377. The van der Waals surface area contributed by atoms with Gasteiger partial charge < -0.3 is 20.3 Å². The molecule has 1 heterocycles. The molecule has 0 aliphatic rings. The molecule has 0 fully saturated rings. The van der Waals surface area contributed by atoms with E-state index in [-0.39, 0.29) is 5.75 Å². The lowest BCUT2D eigenvalue weighted by atomic mass is 10.2. The van der Waals surface area contributed by atoms with Crippen LogP contribution in [-0.4, -0.2) is 23.8 Å². The summed E-state index contributed by atoms with van der Waals surface area (Å²) in [6.45, 7) is 2.30. The first kappa shape index (κ1) is 13.1. The predicted molar refractivity (Wildman–Crippen MR) is 68.6 cm³/mol. The third kappa shape index (κ3) is 3.12. The average Bonchev–Trinajstić information content (AvgIpc) is 2.78. The van der Waals surface area contributed by atoms with Gasteiger partial charge in [0.15, 0.2) is 17.4 Å². The molecular formula is C12H15FN4O2. The molecule has 3 N–H and O–H groups in total. The van der Waals surface area contributed by atoms with Crippen LogP contribution in [0.5, 0.6) is 5.75 Å². The number of nitrogens with two attached hydrogens (primary N) is 1. The second-order valence-electron chi connectivity index (χ2n) is 3.99. The highest BCUT2D eigenvalue weighted by Gasteiger charge is 2.08. The average molecular weight is 266 g/mol. The Morgan fingerprint density at radius 1 is 1.47 bits per heavy atom. The summed E-state index contributed by atoms with van der Waals surface area (Å²) in [7, 11) is 1.40. The summed E-state index contributed by atoms with van der Waals surface area (Å²) in [5.41, 5.74) is 6.64. The van der Waals surface area contributed by atoms with Gasteiger partial charge in [-0.2, -0.15) is 4.98 Å². The fourth-order valence-electron chi connectivity index (χ4n) is 1.62. The highest BCUT2D eigenvalue weighted by atomic mass is 19.1. The first-order valence-corrected chi connectivity index (χ1v) is 5.76. The Morgan fingerprint density at radius 2 is 2.26 bits per heavy atom. The second-order valence-corrected chi connectivity index (χ2v) is 3.99. The molecule has 7 heteroatoms. The molecule has 0 aliphatic carbocycles. The number of benzene rings is 1. The molecule has 0 aliphatic heterocycles. The lowest BCUT2D eigenvalue weighted by Gasteiger charge is -2.10. The van der Waals surface area contributed by atoms with Crippen molar-refractivity contribution < 1.29 is 13.7 Å². The third-order valence-electron chi connectivity index (χ3n) is 2.55. The molecule has 1 aromatic heterocycles. The van der Waals surface area contributed by atoms with Crippen molar-refractivity contribution >= 4 is 11.4 Å². The molecule has 0 unspecified atom stereocenters. The Hall–Kier alpha value is -2.31. The van der Waals surface area contributed by atoms with Gasteiger partial charge in [0.2, 0.25) is 5.89 Å². The van der Waals surface area contributed by atoms with Crippen molar-refractivity contribution in [3.63, 3.8) is 0 Å². The maximum absolute atomic E-state index is 13.4. The van der Waals surface area contributed by atoms with E-state index >= 15 is 0 Å². The van der Waals surface area contributed by atoms with Crippen LogP contribution in [0.15, 0.2) is 16.7 Å². The van der Waals surface area contributed by atoms with Gasteiger partial charge in [-0.3, -0.25) is 0 Å². The van der Waals surface area contributed by atoms with Gasteiger partial charge in [0, 0.05) is 25.1 Å². The molecule has 0 bridgehead atoms. The number of nitrogens with one attached hydrogen (secondary N) is 1. The summed E-state index contributed by atoms with van der Waals surface area (Å²) in [6, 6.07) is 2.74. The first-order chi connectivity index (χ1) is 9.10. The molecule has 0 saturated heterocycles. The van der Waals surface area contributed by atoms with E-state index in [1.807, 2.05) is 0 Å². The van der Waals surface area contributed by atoms with E-state index in [1.54, 1.807) is 6.92 Å². The van der Waals surface area contributed by atoms with Gasteiger partial charge in [-0.25, -0.2) is 4.39 Å². The molecule has 19 heavy (non-hydrogen) atoms. The van der Waals surface area contributed by atoms with E-state index in [1.165, 1.54) is 19.2 Å². The Balaban J connectivity index is 1.99. The van der Waals surface area contributed by atoms with Crippen LogP contribution in [0.1, 0.15) is 11.7 Å². The molecule has 102 valence electrons. The van der Waals surface area contributed by atoms with E-state index in [9.17, 15) is 4.39 Å². The molecule has 0 spiro atoms. The minimum Gasteiger partial charge on any atom is -0.494 e. The molecule has 2 aromatic rings. The van der Waals surface area contributed by atoms with Gasteiger partial charge in [0.1, 0.15) is 0 Å². The van der Waals surface area contributed by atoms with Gasteiger partial charge in [0.05, 0.1) is 18.5 Å². The van der Waals surface area contributed by atoms with Crippen LogP contribution in [0.4, 0.5) is 15.8 Å². The standard InChI is InChI=1S/C12H15FN4O2/c1-7-16-12(19-17-7)3-4-15-10-6-11(18-2)8(13)5-9(10)14/h5-6,15H,3-4,14H2,1-2H3. The Labute approximate surface area is 109 Å². The van der Waals surface area contributed by atoms with Crippen molar-refractivity contribution in [3.05, 3.63) is 29.7 Å². The van der Waals surface area contributed by atoms with E-state index in [4.69, 9.17) is 15.0 Å². The number of methoxy groups -OCH3 is 1. The number of nitrogen functional groups attached to an aromatic ring is 1. The molecule has 0 saturated carbocycles. The zero-order valence-electron chi connectivity index (χ0n) is 10.7. The van der Waals surface area contributed by atoms with Crippen LogP contribution in [0.3, 0.4) is 0 Å². The van der Waals surface area contributed by atoms with Crippen molar-refractivity contribution in [2.45, 2.75) is 13.3 Å². The molecule has 0 radical (unpaired) electrons. The number of ether oxygens (including phenoxy) is 1. The zero-order valence-corrected chi connectivity index (χ0v) is 10.7.